The van der Waals surface area contributed by atoms with Crippen LogP contribution in [0.3, 0.4) is 0 Å². The molecule has 3 N–H and O–H groups in total. The number of oxazole rings is 1. The van der Waals surface area contributed by atoms with E-state index in [0.717, 1.165) is 25.0 Å². The van der Waals surface area contributed by atoms with E-state index in [9.17, 15) is 22.4 Å². The number of nitrogens with two attached hydrogens (primary N) is 1. The van der Waals surface area contributed by atoms with E-state index >= 15 is 0 Å². The van der Waals surface area contributed by atoms with Gasteiger partial charge in [0.15, 0.2) is 23.0 Å². The predicted molar refractivity (Wildman–Crippen MR) is 122 cm³/mol. The number of rotatable bonds is 10. The number of ether oxygens (including phenoxy) is 2. The van der Waals surface area contributed by atoms with Gasteiger partial charge < -0.3 is 24.9 Å². The first-order valence-corrected chi connectivity index (χ1v) is 11.4. The molecule has 11 heteroatoms. The molecule has 0 saturated heterocycles. The molecule has 1 amide bonds. The molecule has 1 fully saturated rings. The number of nitrogens with one attached hydrogen (secondary N) is 1. The van der Waals surface area contributed by atoms with Crippen LogP contribution in [0.2, 0.25) is 0 Å². The van der Waals surface area contributed by atoms with Crippen LogP contribution in [0.25, 0.3) is 11.5 Å². The molecule has 36 heavy (non-hydrogen) atoms. The summed E-state index contributed by atoms with van der Waals surface area (Å²) in [6.45, 7) is 0.444. The summed E-state index contributed by atoms with van der Waals surface area (Å²) in [5.41, 5.74) is 6.29. The summed E-state index contributed by atoms with van der Waals surface area (Å²) in [7, 11) is 0. The molecule has 0 spiro atoms. The van der Waals surface area contributed by atoms with Gasteiger partial charge in [0.2, 0.25) is 5.89 Å². The normalized spacial score (nSPS) is 15.0. The molecule has 1 heterocycles. The van der Waals surface area contributed by atoms with Crippen LogP contribution in [-0.4, -0.2) is 24.1 Å². The molecule has 4 rings (SSSR count). The monoisotopic (exact) mass is 507 g/mol. The van der Waals surface area contributed by atoms with Crippen LogP contribution in [0.5, 0.6) is 11.5 Å². The van der Waals surface area contributed by atoms with E-state index in [-0.39, 0.29) is 34.4 Å². The lowest BCUT2D eigenvalue weighted by Crippen LogP contribution is -2.29. The average molecular weight is 507 g/mol. The molecule has 2 aromatic carbocycles. The molecule has 7 nitrogen and oxygen atoms in total. The lowest BCUT2D eigenvalue weighted by Gasteiger charge is -2.15. The zero-order valence-electron chi connectivity index (χ0n) is 19.6. The highest BCUT2D eigenvalue weighted by atomic mass is 19.3. The van der Waals surface area contributed by atoms with E-state index in [1.165, 1.54) is 31.2 Å². The molecule has 192 valence electrons. The van der Waals surface area contributed by atoms with Crippen molar-refractivity contribution in [2.45, 2.75) is 45.4 Å². The van der Waals surface area contributed by atoms with Gasteiger partial charge in [0.1, 0.15) is 11.6 Å². The van der Waals surface area contributed by atoms with Gasteiger partial charge in [-0.3, -0.25) is 4.79 Å². The Bertz CT molecular complexity index is 1240. The lowest BCUT2D eigenvalue weighted by atomic mass is 10.1. The number of amides is 1. The molecular formula is C25H25F4N3O4. The number of benzene rings is 2. The fourth-order valence-corrected chi connectivity index (χ4v) is 3.56. The number of carbonyl (C=O) groups is 1. The Balaban J connectivity index is 1.61. The number of carbonyl (C=O) groups excluding carboxylic acids is 1. The Morgan fingerprint density at radius 2 is 1.92 bits per heavy atom. The van der Waals surface area contributed by atoms with Crippen LogP contribution in [0.1, 0.15) is 60.6 Å². The van der Waals surface area contributed by atoms with Gasteiger partial charge in [-0.2, -0.15) is 8.78 Å². The minimum Gasteiger partial charge on any atom is -0.489 e. The second kappa shape index (κ2) is 10.6. The van der Waals surface area contributed by atoms with Crippen molar-refractivity contribution in [3.05, 3.63) is 65.1 Å². The lowest BCUT2D eigenvalue weighted by molar-refractivity contribution is -0.0515. The smallest absolute Gasteiger partial charge is 0.387 e. The van der Waals surface area contributed by atoms with Crippen molar-refractivity contribution in [1.82, 2.24) is 10.3 Å². The molecule has 1 saturated carbocycles. The van der Waals surface area contributed by atoms with Gasteiger partial charge in [-0.15, -0.1) is 0 Å². The van der Waals surface area contributed by atoms with Crippen LogP contribution in [0.15, 0.2) is 40.8 Å². The number of halogens is 4. The maximum absolute atomic E-state index is 14.1. The van der Waals surface area contributed by atoms with E-state index in [0.29, 0.717) is 18.1 Å². The van der Waals surface area contributed by atoms with Crippen LogP contribution in [-0.2, 0) is 0 Å². The summed E-state index contributed by atoms with van der Waals surface area (Å²) in [5.74, 6) is -1.83. The Morgan fingerprint density at radius 1 is 1.17 bits per heavy atom. The van der Waals surface area contributed by atoms with Crippen molar-refractivity contribution in [2.24, 2.45) is 11.7 Å². The summed E-state index contributed by atoms with van der Waals surface area (Å²) in [6, 6.07) is 5.70. The number of alkyl halides is 2. The summed E-state index contributed by atoms with van der Waals surface area (Å²) in [6.07, 6.45) is 2.00. The van der Waals surface area contributed by atoms with Crippen molar-refractivity contribution < 1.29 is 36.2 Å². The van der Waals surface area contributed by atoms with Crippen LogP contribution in [0.4, 0.5) is 17.6 Å². The van der Waals surface area contributed by atoms with Gasteiger partial charge in [-0.1, -0.05) is 6.07 Å². The molecule has 1 unspecified atom stereocenters. The first kappa shape index (κ1) is 25.5. The molecule has 0 bridgehead atoms. The fraction of sp³-hybridized carbons (Fsp3) is 0.360. The second-order valence-electron chi connectivity index (χ2n) is 8.68. The zero-order chi connectivity index (χ0) is 26.0. The zero-order valence-corrected chi connectivity index (χ0v) is 19.6. The van der Waals surface area contributed by atoms with Gasteiger partial charge in [0.25, 0.3) is 5.91 Å². The maximum atomic E-state index is 14.1. The minimum absolute atomic E-state index is 0.00735. The molecule has 3 aromatic rings. The number of hydrogen-bond acceptors (Lipinski definition) is 6. The third-order valence-electron chi connectivity index (χ3n) is 5.64. The van der Waals surface area contributed by atoms with E-state index in [1.807, 2.05) is 0 Å². The summed E-state index contributed by atoms with van der Waals surface area (Å²) < 4.78 is 69.0. The van der Waals surface area contributed by atoms with Crippen LogP contribution >= 0.6 is 0 Å². The first-order chi connectivity index (χ1) is 17.1. The first-order valence-electron chi connectivity index (χ1n) is 11.4. The summed E-state index contributed by atoms with van der Waals surface area (Å²) in [5, 5.41) is 2.61. The highest BCUT2D eigenvalue weighted by Gasteiger charge is 2.27. The Kier molecular flexibility index (Phi) is 7.48. The standard InChI is InChI=1S/C25H25F4N3O4/c1-12(30)22-21(23(33)31-13(2)17-7-6-16(26)10-18(17)27)32-24(36-22)15-5-8-19(35-25(28)29)20(9-15)34-11-14-3-4-14/h5-10,12-14,25H,3-4,11,30H2,1-2H3,(H,31,33)/t12-,13?/m0/s1. The van der Waals surface area contributed by atoms with Crippen molar-refractivity contribution in [1.29, 1.82) is 0 Å². The van der Waals surface area contributed by atoms with Crippen molar-refractivity contribution in [2.75, 3.05) is 6.61 Å². The minimum atomic E-state index is -3.03. The molecule has 0 radical (unpaired) electrons. The van der Waals surface area contributed by atoms with Gasteiger partial charge in [-0.25, -0.2) is 13.8 Å². The molecule has 1 aliphatic carbocycles. The Labute approximate surface area is 204 Å². The van der Waals surface area contributed by atoms with Gasteiger partial charge in [0.05, 0.1) is 18.7 Å². The quantitative estimate of drug-likeness (QED) is 0.351. The number of nitrogens with zero attached hydrogens (tertiary/aromatic N) is 1. The number of aromatic nitrogens is 1. The second-order valence-corrected chi connectivity index (χ2v) is 8.68. The van der Waals surface area contributed by atoms with E-state index in [1.54, 1.807) is 6.92 Å². The van der Waals surface area contributed by atoms with Crippen LogP contribution < -0.4 is 20.5 Å². The van der Waals surface area contributed by atoms with Crippen molar-refractivity contribution in [3.63, 3.8) is 0 Å². The largest absolute Gasteiger partial charge is 0.489 e. The summed E-state index contributed by atoms with van der Waals surface area (Å²) in [4.78, 5) is 17.3. The molecule has 1 aliphatic rings. The highest BCUT2D eigenvalue weighted by molar-refractivity contribution is 5.94. The van der Waals surface area contributed by atoms with E-state index < -0.39 is 36.2 Å². The van der Waals surface area contributed by atoms with E-state index in [2.05, 4.69) is 15.0 Å². The van der Waals surface area contributed by atoms with Crippen molar-refractivity contribution >= 4 is 5.91 Å². The average Bonchev–Trinajstić information content (AvgIpc) is 3.52. The molecular weight excluding hydrogens is 482 g/mol. The SMILES string of the molecule is CC(NC(=O)c1nc(-c2ccc(OC(F)F)c(OCC3CC3)c2)oc1[C@H](C)N)c1ccc(F)cc1F. The Morgan fingerprint density at radius 3 is 2.56 bits per heavy atom. The molecule has 0 aliphatic heterocycles. The van der Waals surface area contributed by atoms with Crippen LogP contribution in [0, 0.1) is 17.6 Å². The van der Waals surface area contributed by atoms with Gasteiger partial charge in [0, 0.05) is 17.2 Å². The highest BCUT2D eigenvalue weighted by Crippen LogP contribution is 2.37. The topological polar surface area (TPSA) is 99.6 Å². The fourth-order valence-electron chi connectivity index (χ4n) is 3.56. The van der Waals surface area contributed by atoms with E-state index in [4.69, 9.17) is 14.9 Å². The van der Waals surface area contributed by atoms with Crippen molar-refractivity contribution in [3.8, 4) is 23.0 Å². The summed E-state index contributed by atoms with van der Waals surface area (Å²) >= 11 is 0. The Hall–Kier alpha value is -3.60. The third-order valence-corrected chi connectivity index (χ3v) is 5.64. The van der Waals surface area contributed by atoms with Gasteiger partial charge in [-0.05, 0) is 56.9 Å². The third kappa shape index (κ3) is 5.96. The molecule has 2 atom stereocenters. The predicted octanol–water partition coefficient (Wildman–Crippen LogP) is 5.52. The number of hydrogen-bond donors (Lipinski definition) is 2. The maximum Gasteiger partial charge on any atom is 0.387 e. The molecule has 1 aromatic heterocycles. The van der Waals surface area contributed by atoms with Gasteiger partial charge >= 0.3 is 6.61 Å².